The minimum atomic E-state index is -0.305. The van der Waals surface area contributed by atoms with Crippen LogP contribution in [0.5, 0.6) is 0 Å². The molecule has 0 aromatic heterocycles. The summed E-state index contributed by atoms with van der Waals surface area (Å²) in [6.07, 6.45) is 4.69. The van der Waals surface area contributed by atoms with Gasteiger partial charge in [0.05, 0.1) is 0 Å². The van der Waals surface area contributed by atoms with Crippen molar-refractivity contribution in [3.8, 4) is 0 Å². The molecular weight excluding hydrogens is 239 g/mol. The lowest BCUT2D eigenvalue weighted by atomic mass is 9.84. The molecule has 1 aromatic rings. The van der Waals surface area contributed by atoms with E-state index in [0.717, 1.165) is 18.5 Å². The van der Waals surface area contributed by atoms with Gasteiger partial charge >= 0.3 is 0 Å². The van der Waals surface area contributed by atoms with Crippen LogP contribution in [0.2, 0.25) is 5.02 Å². The van der Waals surface area contributed by atoms with E-state index in [-0.39, 0.29) is 5.82 Å². The second-order valence-electron chi connectivity index (χ2n) is 4.69. The molecule has 2 atom stereocenters. The van der Waals surface area contributed by atoms with E-state index in [2.05, 4.69) is 5.32 Å². The van der Waals surface area contributed by atoms with Crippen molar-refractivity contribution >= 4 is 17.3 Å². The monoisotopic (exact) mass is 256 g/mol. The molecule has 2 unspecified atom stereocenters. The van der Waals surface area contributed by atoms with Crippen molar-refractivity contribution in [1.82, 2.24) is 0 Å². The average molecular weight is 257 g/mol. The van der Waals surface area contributed by atoms with E-state index in [9.17, 15) is 4.39 Å². The van der Waals surface area contributed by atoms with Crippen LogP contribution in [0.25, 0.3) is 0 Å². The SMILES string of the molecule is NCC1CCCCC1Nc1cc(F)cc(Cl)c1. The normalized spacial score (nSPS) is 24.6. The molecule has 0 aliphatic heterocycles. The van der Waals surface area contributed by atoms with Gasteiger partial charge in [0.1, 0.15) is 5.82 Å². The smallest absolute Gasteiger partial charge is 0.126 e. The topological polar surface area (TPSA) is 38.0 Å². The molecule has 3 N–H and O–H groups in total. The standard InChI is InChI=1S/C13H18ClFN2/c14-10-5-11(15)7-12(6-10)17-13-4-2-1-3-9(13)8-16/h5-7,9,13,17H,1-4,8,16H2. The molecule has 0 radical (unpaired) electrons. The largest absolute Gasteiger partial charge is 0.382 e. The molecule has 1 fully saturated rings. The summed E-state index contributed by atoms with van der Waals surface area (Å²) in [7, 11) is 0. The first-order valence-electron chi connectivity index (χ1n) is 6.12. The third-order valence-electron chi connectivity index (χ3n) is 3.43. The van der Waals surface area contributed by atoms with Crippen LogP contribution >= 0.6 is 11.6 Å². The minimum absolute atomic E-state index is 0.305. The maximum Gasteiger partial charge on any atom is 0.126 e. The van der Waals surface area contributed by atoms with E-state index in [4.69, 9.17) is 17.3 Å². The molecule has 2 rings (SSSR count). The van der Waals surface area contributed by atoms with Gasteiger partial charge in [-0.05, 0) is 43.5 Å². The van der Waals surface area contributed by atoms with Crippen LogP contribution in [0.15, 0.2) is 18.2 Å². The Balaban J connectivity index is 2.08. The number of nitrogens with one attached hydrogen (secondary N) is 1. The highest BCUT2D eigenvalue weighted by molar-refractivity contribution is 6.30. The molecule has 0 bridgehead atoms. The van der Waals surface area contributed by atoms with Crippen LogP contribution in [0.1, 0.15) is 25.7 Å². The van der Waals surface area contributed by atoms with E-state index >= 15 is 0 Å². The van der Waals surface area contributed by atoms with Crippen LogP contribution < -0.4 is 11.1 Å². The van der Waals surface area contributed by atoms with Gasteiger partial charge in [-0.2, -0.15) is 0 Å². The van der Waals surface area contributed by atoms with Gasteiger partial charge in [-0.15, -0.1) is 0 Å². The Labute approximate surface area is 106 Å². The summed E-state index contributed by atoms with van der Waals surface area (Å²) in [5.41, 5.74) is 6.52. The first kappa shape index (κ1) is 12.7. The highest BCUT2D eigenvalue weighted by Gasteiger charge is 2.23. The van der Waals surface area contributed by atoms with Crippen molar-refractivity contribution in [2.75, 3.05) is 11.9 Å². The first-order valence-corrected chi connectivity index (χ1v) is 6.49. The zero-order valence-electron chi connectivity index (χ0n) is 9.76. The third-order valence-corrected chi connectivity index (χ3v) is 3.64. The zero-order chi connectivity index (χ0) is 12.3. The van der Waals surface area contributed by atoms with Gasteiger partial charge in [0.25, 0.3) is 0 Å². The van der Waals surface area contributed by atoms with E-state index < -0.39 is 0 Å². The van der Waals surface area contributed by atoms with Crippen molar-refractivity contribution in [3.63, 3.8) is 0 Å². The molecule has 0 saturated heterocycles. The van der Waals surface area contributed by atoms with E-state index in [0.29, 0.717) is 23.5 Å². The van der Waals surface area contributed by atoms with Crippen molar-refractivity contribution in [1.29, 1.82) is 0 Å². The van der Waals surface area contributed by atoms with Gasteiger partial charge in [-0.1, -0.05) is 24.4 Å². The maximum absolute atomic E-state index is 13.2. The summed E-state index contributed by atoms with van der Waals surface area (Å²) in [4.78, 5) is 0. The molecule has 0 amide bonds. The maximum atomic E-state index is 13.2. The van der Waals surface area contributed by atoms with E-state index in [1.165, 1.54) is 25.0 Å². The zero-order valence-corrected chi connectivity index (χ0v) is 10.5. The number of anilines is 1. The molecule has 0 spiro atoms. The Hall–Kier alpha value is -0.800. The molecule has 4 heteroatoms. The predicted molar refractivity (Wildman–Crippen MR) is 69.8 cm³/mol. The van der Waals surface area contributed by atoms with E-state index in [1.807, 2.05) is 0 Å². The average Bonchev–Trinajstić information content (AvgIpc) is 2.28. The highest BCUT2D eigenvalue weighted by Crippen LogP contribution is 2.27. The Bertz CT molecular complexity index is 363. The third kappa shape index (κ3) is 3.33. The fraction of sp³-hybridized carbons (Fsp3) is 0.538. The number of rotatable bonds is 3. The summed E-state index contributed by atoms with van der Waals surface area (Å²) in [5, 5.41) is 3.78. The van der Waals surface area contributed by atoms with Crippen molar-refractivity contribution < 1.29 is 4.39 Å². The van der Waals surface area contributed by atoms with Gasteiger partial charge in [0.15, 0.2) is 0 Å². The Kier molecular flexibility index (Phi) is 4.24. The molecular formula is C13H18ClFN2. The molecule has 0 heterocycles. The lowest BCUT2D eigenvalue weighted by molar-refractivity contribution is 0.332. The van der Waals surface area contributed by atoms with Crippen LogP contribution in [-0.4, -0.2) is 12.6 Å². The van der Waals surface area contributed by atoms with Crippen molar-refractivity contribution in [3.05, 3.63) is 29.0 Å². The van der Waals surface area contributed by atoms with Gasteiger partial charge in [0, 0.05) is 16.8 Å². The second kappa shape index (κ2) is 5.69. The van der Waals surface area contributed by atoms with Crippen LogP contribution in [0.3, 0.4) is 0 Å². The Morgan fingerprint density at radius 1 is 1.29 bits per heavy atom. The summed E-state index contributed by atoms with van der Waals surface area (Å²) in [6.45, 7) is 0.681. The first-order chi connectivity index (χ1) is 8.19. The summed E-state index contributed by atoms with van der Waals surface area (Å²) >= 11 is 5.83. The summed E-state index contributed by atoms with van der Waals surface area (Å²) < 4.78 is 13.2. The number of hydrogen-bond acceptors (Lipinski definition) is 2. The number of hydrogen-bond donors (Lipinski definition) is 2. The molecule has 2 nitrogen and oxygen atoms in total. The fourth-order valence-corrected chi connectivity index (χ4v) is 2.75. The quantitative estimate of drug-likeness (QED) is 0.870. The molecule has 1 aliphatic rings. The van der Waals surface area contributed by atoms with Crippen LogP contribution in [0, 0.1) is 11.7 Å². The van der Waals surface area contributed by atoms with Gasteiger partial charge in [0.2, 0.25) is 0 Å². The number of benzene rings is 1. The molecule has 94 valence electrons. The lowest BCUT2D eigenvalue weighted by Gasteiger charge is -2.32. The molecule has 1 saturated carbocycles. The Morgan fingerprint density at radius 3 is 2.76 bits per heavy atom. The molecule has 1 aliphatic carbocycles. The summed E-state index contributed by atoms with van der Waals surface area (Å²) in [6, 6.07) is 4.89. The predicted octanol–water partition coefficient (Wildman–Crippen LogP) is 3.41. The Morgan fingerprint density at radius 2 is 2.06 bits per heavy atom. The minimum Gasteiger partial charge on any atom is -0.382 e. The van der Waals surface area contributed by atoms with Crippen LogP contribution in [-0.2, 0) is 0 Å². The number of halogens is 2. The van der Waals surface area contributed by atoms with Gasteiger partial charge < -0.3 is 11.1 Å². The van der Waals surface area contributed by atoms with Crippen LogP contribution in [0.4, 0.5) is 10.1 Å². The second-order valence-corrected chi connectivity index (χ2v) is 5.13. The van der Waals surface area contributed by atoms with Crippen molar-refractivity contribution in [2.45, 2.75) is 31.7 Å². The number of nitrogens with two attached hydrogens (primary N) is 1. The molecule has 17 heavy (non-hydrogen) atoms. The van der Waals surface area contributed by atoms with Gasteiger partial charge in [-0.3, -0.25) is 0 Å². The van der Waals surface area contributed by atoms with E-state index in [1.54, 1.807) is 6.07 Å². The lowest BCUT2D eigenvalue weighted by Crippen LogP contribution is -2.36. The highest BCUT2D eigenvalue weighted by atomic mass is 35.5. The fourth-order valence-electron chi connectivity index (χ4n) is 2.53. The summed E-state index contributed by atoms with van der Waals surface area (Å²) in [5.74, 6) is 0.172. The van der Waals surface area contributed by atoms with Crippen molar-refractivity contribution in [2.24, 2.45) is 11.7 Å². The van der Waals surface area contributed by atoms with Gasteiger partial charge in [-0.25, -0.2) is 4.39 Å². The molecule has 1 aromatic carbocycles.